The highest BCUT2D eigenvalue weighted by atomic mass is 16.5. The van der Waals surface area contributed by atoms with Crippen LogP contribution in [0.15, 0.2) is 48.5 Å². The van der Waals surface area contributed by atoms with E-state index in [1.54, 1.807) is 0 Å². The quantitative estimate of drug-likeness (QED) is 0.511. The van der Waals surface area contributed by atoms with Gasteiger partial charge in [0.1, 0.15) is 5.75 Å². The molecular formula is C28H38N2O2. The van der Waals surface area contributed by atoms with Gasteiger partial charge in [-0.15, -0.1) is 0 Å². The Hall–Kier alpha value is -2.33. The minimum absolute atomic E-state index is 0.117. The summed E-state index contributed by atoms with van der Waals surface area (Å²) in [5.74, 6) is 0.986. The number of carbonyl (C=O) groups is 1. The zero-order valence-corrected chi connectivity index (χ0v) is 19.6. The highest BCUT2D eigenvalue weighted by molar-refractivity contribution is 5.99. The monoisotopic (exact) mass is 434 g/mol. The van der Waals surface area contributed by atoms with Crippen molar-refractivity contribution in [1.29, 1.82) is 0 Å². The van der Waals surface area contributed by atoms with Gasteiger partial charge in [0.05, 0.1) is 12.0 Å². The van der Waals surface area contributed by atoms with Crippen molar-refractivity contribution >= 4 is 11.6 Å². The van der Waals surface area contributed by atoms with E-state index in [1.165, 1.54) is 44.3 Å². The minimum Gasteiger partial charge on any atom is -0.494 e. The van der Waals surface area contributed by atoms with Gasteiger partial charge in [0.15, 0.2) is 0 Å². The molecule has 32 heavy (non-hydrogen) atoms. The van der Waals surface area contributed by atoms with Crippen LogP contribution in [-0.2, 0) is 10.2 Å². The highest BCUT2D eigenvalue weighted by Gasteiger charge is 2.42. The smallest absolute Gasteiger partial charge is 0.235 e. The second-order valence-corrected chi connectivity index (χ2v) is 9.60. The van der Waals surface area contributed by atoms with Crippen LogP contribution in [0.5, 0.6) is 5.75 Å². The van der Waals surface area contributed by atoms with Gasteiger partial charge in [-0.2, -0.15) is 0 Å². The molecule has 1 saturated heterocycles. The summed E-state index contributed by atoms with van der Waals surface area (Å²) in [6, 6.07) is 16.3. The highest BCUT2D eigenvalue weighted by Crippen LogP contribution is 2.42. The molecular weight excluding hydrogens is 396 g/mol. The van der Waals surface area contributed by atoms with E-state index in [0.29, 0.717) is 0 Å². The van der Waals surface area contributed by atoms with Crippen LogP contribution in [0.3, 0.4) is 0 Å². The van der Waals surface area contributed by atoms with E-state index in [4.69, 9.17) is 4.74 Å². The summed E-state index contributed by atoms with van der Waals surface area (Å²) >= 11 is 0. The predicted octanol–water partition coefficient (Wildman–Crippen LogP) is 6.09. The fourth-order valence-electron chi connectivity index (χ4n) is 5.29. The summed E-state index contributed by atoms with van der Waals surface area (Å²) < 4.78 is 5.95. The third-order valence-electron chi connectivity index (χ3n) is 7.16. The van der Waals surface area contributed by atoms with Gasteiger partial charge in [0.2, 0.25) is 5.91 Å². The van der Waals surface area contributed by atoms with Gasteiger partial charge in [-0.1, -0.05) is 55.5 Å². The van der Waals surface area contributed by atoms with E-state index < -0.39 is 5.41 Å². The van der Waals surface area contributed by atoms with E-state index in [1.807, 2.05) is 24.3 Å². The number of hydrogen-bond acceptors (Lipinski definition) is 3. The second kappa shape index (κ2) is 11.0. The molecule has 172 valence electrons. The Kier molecular flexibility index (Phi) is 7.85. The van der Waals surface area contributed by atoms with Gasteiger partial charge in [0, 0.05) is 12.2 Å². The van der Waals surface area contributed by atoms with Crippen molar-refractivity contribution < 1.29 is 9.53 Å². The Bertz CT molecular complexity index is 863. The van der Waals surface area contributed by atoms with E-state index in [-0.39, 0.29) is 5.91 Å². The molecule has 2 aromatic carbocycles. The van der Waals surface area contributed by atoms with Crippen LogP contribution in [0.2, 0.25) is 0 Å². The molecule has 0 bridgehead atoms. The van der Waals surface area contributed by atoms with Crippen LogP contribution in [0.25, 0.3) is 0 Å². The molecule has 0 unspecified atom stereocenters. The lowest BCUT2D eigenvalue weighted by molar-refractivity contribution is -0.121. The average Bonchev–Trinajstić information content (AvgIpc) is 3.17. The SMILES string of the molecule is Cc1cccc(C2(C(=O)Nc3ccc(OCCCN4CCCCCC4)cc3)CCCC2)c1. The number of likely N-dealkylation sites (tertiary alicyclic amines) is 1. The molecule has 0 aromatic heterocycles. The Balaban J connectivity index is 1.29. The summed E-state index contributed by atoms with van der Waals surface area (Å²) in [5, 5.41) is 3.18. The molecule has 0 atom stereocenters. The molecule has 2 aliphatic rings. The van der Waals surface area contributed by atoms with Crippen molar-refractivity contribution in [2.45, 2.75) is 70.1 Å². The molecule has 1 aliphatic heterocycles. The van der Waals surface area contributed by atoms with Crippen LogP contribution in [0.1, 0.15) is 68.9 Å². The fraction of sp³-hybridized carbons (Fsp3) is 0.536. The Morgan fingerprint density at radius 3 is 2.38 bits per heavy atom. The molecule has 1 heterocycles. The van der Waals surface area contributed by atoms with E-state index in [9.17, 15) is 4.79 Å². The maximum Gasteiger partial charge on any atom is 0.235 e. The summed E-state index contributed by atoms with van der Waals surface area (Å²) in [4.78, 5) is 15.9. The molecule has 2 aromatic rings. The molecule has 2 fully saturated rings. The van der Waals surface area contributed by atoms with Crippen molar-refractivity contribution in [3.05, 3.63) is 59.7 Å². The van der Waals surface area contributed by atoms with Crippen molar-refractivity contribution in [2.24, 2.45) is 0 Å². The Morgan fingerprint density at radius 1 is 0.969 bits per heavy atom. The molecule has 4 rings (SSSR count). The molecule has 0 radical (unpaired) electrons. The number of aryl methyl sites for hydroxylation is 1. The number of benzene rings is 2. The van der Waals surface area contributed by atoms with Gasteiger partial charge in [-0.25, -0.2) is 0 Å². The standard InChI is InChI=1S/C28H38N2O2/c1-23-10-8-11-24(22-23)28(16-4-5-17-28)27(31)29-25-12-14-26(15-13-25)32-21-9-20-30-18-6-2-3-7-19-30/h8,10-15,22H,2-7,9,16-21H2,1H3,(H,29,31). The van der Waals surface area contributed by atoms with Gasteiger partial charge in [-0.05, 0) is 81.9 Å². The van der Waals surface area contributed by atoms with Crippen molar-refractivity contribution in [1.82, 2.24) is 4.90 Å². The third kappa shape index (κ3) is 5.72. The molecule has 1 N–H and O–H groups in total. The lowest BCUT2D eigenvalue weighted by Gasteiger charge is -2.28. The lowest BCUT2D eigenvalue weighted by atomic mass is 9.77. The molecule has 1 amide bonds. The minimum atomic E-state index is -0.408. The maximum atomic E-state index is 13.4. The van der Waals surface area contributed by atoms with Gasteiger partial charge in [-0.3, -0.25) is 4.79 Å². The van der Waals surface area contributed by atoms with Gasteiger partial charge >= 0.3 is 0 Å². The van der Waals surface area contributed by atoms with E-state index in [2.05, 4.69) is 41.4 Å². The number of amides is 1. The Labute approximate surface area is 193 Å². The summed E-state index contributed by atoms with van der Waals surface area (Å²) in [6.45, 7) is 6.42. The Morgan fingerprint density at radius 2 is 1.69 bits per heavy atom. The summed E-state index contributed by atoms with van der Waals surface area (Å²) in [5.41, 5.74) is 2.79. The normalized spacial score (nSPS) is 18.8. The van der Waals surface area contributed by atoms with Crippen molar-refractivity contribution in [3.8, 4) is 5.75 Å². The van der Waals surface area contributed by atoms with Gasteiger partial charge in [0.25, 0.3) is 0 Å². The average molecular weight is 435 g/mol. The molecule has 0 spiro atoms. The zero-order chi connectivity index (χ0) is 22.2. The van der Waals surface area contributed by atoms with E-state index in [0.717, 1.165) is 62.3 Å². The van der Waals surface area contributed by atoms with Gasteiger partial charge < -0.3 is 15.0 Å². The van der Waals surface area contributed by atoms with Crippen LogP contribution in [-0.4, -0.2) is 37.0 Å². The first-order chi connectivity index (χ1) is 15.7. The van der Waals surface area contributed by atoms with Crippen molar-refractivity contribution in [3.63, 3.8) is 0 Å². The first kappa shape index (κ1) is 22.8. The van der Waals surface area contributed by atoms with E-state index >= 15 is 0 Å². The summed E-state index contributed by atoms with van der Waals surface area (Å²) in [6.07, 6.45) is 10.5. The lowest BCUT2D eigenvalue weighted by Crippen LogP contribution is -2.38. The number of nitrogens with zero attached hydrogens (tertiary/aromatic N) is 1. The van der Waals surface area contributed by atoms with Crippen LogP contribution < -0.4 is 10.1 Å². The predicted molar refractivity (Wildman–Crippen MR) is 131 cm³/mol. The first-order valence-electron chi connectivity index (χ1n) is 12.5. The van der Waals surface area contributed by atoms with Crippen LogP contribution in [0.4, 0.5) is 5.69 Å². The zero-order valence-electron chi connectivity index (χ0n) is 19.6. The number of carbonyl (C=O) groups excluding carboxylic acids is 1. The molecule has 1 saturated carbocycles. The molecule has 1 aliphatic carbocycles. The van der Waals surface area contributed by atoms with Crippen LogP contribution in [0, 0.1) is 6.92 Å². The molecule has 4 heteroatoms. The third-order valence-corrected chi connectivity index (χ3v) is 7.16. The number of nitrogens with one attached hydrogen (secondary N) is 1. The topological polar surface area (TPSA) is 41.6 Å². The largest absolute Gasteiger partial charge is 0.494 e. The number of anilines is 1. The van der Waals surface area contributed by atoms with Crippen LogP contribution >= 0.6 is 0 Å². The maximum absolute atomic E-state index is 13.4. The van der Waals surface area contributed by atoms with Crippen molar-refractivity contribution in [2.75, 3.05) is 31.6 Å². The fourth-order valence-corrected chi connectivity index (χ4v) is 5.29. The number of hydrogen-bond donors (Lipinski definition) is 1. The summed E-state index contributed by atoms with van der Waals surface area (Å²) in [7, 11) is 0. The second-order valence-electron chi connectivity index (χ2n) is 9.60. The molecule has 4 nitrogen and oxygen atoms in total. The number of rotatable bonds is 8. The number of ether oxygens (including phenoxy) is 1. The first-order valence-corrected chi connectivity index (χ1v) is 12.5.